The number of hydrogen-bond donors (Lipinski definition) is 0. The number of amides is 1. The molecule has 0 bridgehead atoms. The van der Waals surface area contributed by atoms with E-state index in [1.807, 2.05) is 24.3 Å². The smallest absolute Gasteiger partial charge is 0.257 e. The first-order chi connectivity index (χ1) is 12.9. The molecule has 1 saturated heterocycles. The highest BCUT2D eigenvalue weighted by Crippen LogP contribution is 2.30. The summed E-state index contributed by atoms with van der Waals surface area (Å²) in [4.78, 5) is 18.6. The number of rotatable bonds is 4. The lowest BCUT2D eigenvalue weighted by Crippen LogP contribution is -2.24. The van der Waals surface area contributed by atoms with Crippen molar-refractivity contribution in [3.8, 4) is 11.5 Å². The van der Waals surface area contributed by atoms with Crippen molar-refractivity contribution in [1.29, 1.82) is 0 Å². The fraction of sp³-hybridized carbons (Fsp3) is 0.381. The van der Waals surface area contributed by atoms with Crippen molar-refractivity contribution in [2.24, 2.45) is 0 Å². The molecule has 1 aromatic carbocycles. The molecule has 1 unspecified atom stereocenters. The first-order valence-electron chi connectivity index (χ1n) is 9.15. The van der Waals surface area contributed by atoms with Gasteiger partial charge < -0.3 is 13.8 Å². The van der Waals surface area contributed by atoms with Gasteiger partial charge in [-0.15, -0.1) is 0 Å². The standard InChI is InChI=1S/C21H23N3O3/c1-21(2,3)16-8-6-14(7-9-16)20-22-19(23-27-20)15-11-18(25)24(12-15)13-17-5-4-10-26-17/h4-10,15H,11-13H2,1-3H3. The zero-order valence-electron chi connectivity index (χ0n) is 15.8. The van der Waals surface area contributed by atoms with Crippen molar-refractivity contribution in [3.63, 3.8) is 0 Å². The lowest BCUT2D eigenvalue weighted by Gasteiger charge is -2.18. The van der Waals surface area contributed by atoms with Gasteiger partial charge in [0.1, 0.15) is 5.76 Å². The average molecular weight is 365 g/mol. The molecule has 1 aliphatic heterocycles. The number of furan rings is 1. The Morgan fingerprint density at radius 2 is 1.96 bits per heavy atom. The molecular weight excluding hydrogens is 342 g/mol. The molecule has 0 radical (unpaired) electrons. The molecule has 27 heavy (non-hydrogen) atoms. The van der Waals surface area contributed by atoms with Gasteiger partial charge in [0.2, 0.25) is 5.91 Å². The van der Waals surface area contributed by atoms with E-state index >= 15 is 0 Å². The van der Waals surface area contributed by atoms with Gasteiger partial charge in [-0.05, 0) is 35.2 Å². The molecule has 1 aliphatic rings. The van der Waals surface area contributed by atoms with Crippen molar-refractivity contribution < 1.29 is 13.7 Å². The Balaban J connectivity index is 1.47. The first-order valence-corrected chi connectivity index (χ1v) is 9.15. The molecule has 0 aliphatic carbocycles. The number of carbonyl (C=O) groups is 1. The molecule has 0 spiro atoms. The van der Waals surface area contributed by atoms with E-state index in [-0.39, 0.29) is 17.2 Å². The highest BCUT2D eigenvalue weighted by Gasteiger charge is 2.34. The Hall–Kier alpha value is -2.89. The summed E-state index contributed by atoms with van der Waals surface area (Å²) in [5.74, 6) is 1.87. The molecule has 0 saturated carbocycles. The predicted molar refractivity (Wildman–Crippen MR) is 99.9 cm³/mol. The van der Waals surface area contributed by atoms with E-state index in [0.29, 0.717) is 31.2 Å². The van der Waals surface area contributed by atoms with Gasteiger partial charge >= 0.3 is 0 Å². The number of benzene rings is 1. The molecule has 6 heteroatoms. The quantitative estimate of drug-likeness (QED) is 0.695. The second-order valence-corrected chi connectivity index (χ2v) is 8.04. The summed E-state index contributed by atoms with van der Waals surface area (Å²) in [6, 6.07) is 11.9. The lowest BCUT2D eigenvalue weighted by atomic mass is 9.87. The minimum atomic E-state index is -0.0567. The highest BCUT2D eigenvalue weighted by atomic mass is 16.5. The second-order valence-electron chi connectivity index (χ2n) is 8.04. The maximum Gasteiger partial charge on any atom is 0.257 e. The van der Waals surface area contributed by atoms with E-state index < -0.39 is 0 Å². The number of aromatic nitrogens is 2. The average Bonchev–Trinajstić information content (AvgIpc) is 3.37. The van der Waals surface area contributed by atoms with Gasteiger partial charge in [-0.1, -0.05) is 38.1 Å². The molecule has 4 rings (SSSR count). The normalized spacial score (nSPS) is 17.7. The topological polar surface area (TPSA) is 72.4 Å². The number of likely N-dealkylation sites (tertiary alicyclic amines) is 1. The van der Waals surface area contributed by atoms with Crippen LogP contribution in [0.15, 0.2) is 51.6 Å². The summed E-state index contributed by atoms with van der Waals surface area (Å²) in [6.45, 7) is 7.58. The molecule has 1 amide bonds. The van der Waals surface area contributed by atoms with Crippen LogP contribution in [-0.2, 0) is 16.8 Å². The van der Waals surface area contributed by atoms with Gasteiger partial charge in [0.05, 0.1) is 12.8 Å². The highest BCUT2D eigenvalue weighted by molar-refractivity contribution is 5.79. The summed E-state index contributed by atoms with van der Waals surface area (Å²) in [7, 11) is 0. The van der Waals surface area contributed by atoms with E-state index in [2.05, 4.69) is 43.0 Å². The minimum absolute atomic E-state index is 0.0567. The van der Waals surface area contributed by atoms with Crippen LogP contribution in [0.3, 0.4) is 0 Å². The Morgan fingerprint density at radius 1 is 1.19 bits per heavy atom. The summed E-state index contributed by atoms with van der Waals surface area (Å²) in [5.41, 5.74) is 2.24. The molecule has 2 aromatic heterocycles. The van der Waals surface area contributed by atoms with Crippen LogP contribution >= 0.6 is 0 Å². The maximum atomic E-state index is 12.3. The Labute approximate surface area is 158 Å². The van der Waals surface area contributed by atoms with E-state index in [4.69, 9.17) is 8.94 Å². The van der Waals surface area contributed by atoms with E-state index in [1.54, 1.807) is 11.2 Å². The van der Waals surface area contributed by atoms with Crippen LogP contribution < -0.4 is 0 Å². The van der Waals surface area contributed by atoms with Gasteiger partial charge in [0.15, 0.2) is 5.82 Å². The van der Waals surface area contributed by atoms with Gasteiger partial charge in [-0.25, -0.2) is 0 Å². The van der Waals surface area contributed by atoms with Crippen LogP contribution in [0.5, 0.6) is 0 Å². The van der Waals surface area contributed by atoms with Crippen molar-refractivity contribution in [2.45, 2.75) is 45.1 Å². The second kappa shape index (κ2) is 6.68. The summed E-state index contributed by atoms with van der Waals surface area (Å²) >= 11 is 0. The Bertz CT molecular complexity index is 920. The fourth-order valence-corrected chi connectivity index (χ4v) is 3.32. The number of carbonyl (C=O) groups excluding carboxylic acids is 1. The predicted octanol–water partition coefficient (Wildman–Crippen LogP) is 4.14. The molecule has 3 heterocycles. The maximum absolute atomic E-state index is 12.3. The molecular formula is C21H23N3O3. The molecule has 140 valence electrons. The first kappa shape index (κ1) is 17.5. The van der Waals surface area contributed by atoms with E-state index in [0.717, 1.165) is 11.3 Å². The van der Waals surface area contributed by atoms with Gasteiger partial charge in [-0.2, -0.15) is 4.98 Å². The van der Waals surface area contributed by atoms with Crippen molar-refractivity contribution >= 4 is 5.91 Å². The van der Waals surface area contributed by atoms with Gasteiger partial charge in [0, 0.05) is 24.4 Å². The molecule has 3 aromatic rings. The zero-order chi connectivity index (χ0) is 19.0. The molecule has 0 N–H and O–H groups in total. The monoisotopic (exact) mass is 365 g/mol. The third-order valence-electron chi connectivity index (χ3n) is 4.95. The SMILES string of the molecule is CC(C)(C)c1ccc(-c2nc(C3CC(=O)N(Cc4ccco4)C3)no2)cc1. The van der Waals surface area contributed by atoms with Gasteiger partial charge in [-0.3, -0.25) is 4.79 Å². The van der Waals surface area contributed by atoms with Crippen LogP contribution in [0.25, 0.3) is 11.5 Å². The van der Waals surface area contributed by atoms with Gasteiger partial charge in [0.25, 0.3) is 5.89 Å². The molecule has 1 atom stereocenters. The third-order valence-corrected chi connectivity index (χ3v) is 4.95. The van der Waals surface area contributed by atoms with Crippen LogP contribution in [0.2, 0.25) is 0 Å². The fourth-order valence-electron chi connectivity index (χ4n) is 3.32. The minimum Gasteiger partial charge on any atom is -0.467 e. The van der Waals surface area contributed by atoms with Crippen molar-refractivity contribution in [3.05, 3.63) is 59.8 Å². The summed E-state index contributed by atoms with van der Waals surface area (Å²) in [5, 5.41) is 4.12. The largest absolute Gasteiger partial charge is 0.467 e. The summed E-state index contributed by atoms with van der Waals surface area (Å²) < 4.78 is 10.8. The Morgan fingerprint density at radius 3 is 2.63 bits per heavy atom. The zero-order valence-corrected chi connectivity index (χ0v) is 15.8. The lowest BCUT2D eigenvalue weighted by molar-refractivity contribution is -0.128. The summed E-state index contributed by atoms with van der Waals surface area (Å²) in [6.07, 6.45) is 2.01. The third kappa shape index (κ3) is 3.65. The van der Waals surface area contributed by atoms with Crippen LogP contribution in [0.1, 0.15) is 50.3 Å². The van der Waals surface area contributed by atoms with Crippen molar-refractivity contribution in [1.82, 2.24) is 15.0 Å². The number of hydrogen-bond acceptors (Lipinski definition) is 5. The van der Waals surface area contributed by atoms with Crippen LogP contribution in [0.4, 0.5) is 0 Å². The molecule has 6 nitrogen and oxygen atoms in total. The van der Waals surface area contributed by atoms with Crippen molar-refractivity contribution in [2.75, 3.05) is 6.54 Å². The van der Waals surface area contributed by atoms with E-state index in [1.165, 1.54) is 5.56 Å². The number of nitrogens with zero attached hydrogens (tertiary/aromatic N) is 3. The molecule has 1 fully saturated rings. The van der Waals surface area contributed by atoms with E-state index in [9.17, 15) is 4.79 Å². The van der Waals surface area contributed by atoms with Crippen LogP contribution in [0, 0.1) is 0 Å². The van der Waals surface area contributed by atoms with Crippen LogP contribution in [-0.4, -0.2) is 27.5 Å². The Kier molecular flexibility index (Phi) is 4.34.